The molecule has 0 fully saturated rings. The first-order valence-corrected chi connectivity index (χ1v) is 10.9. The van der Waals surface area contributed by atoms with Crippen molar-refractivity contribution in [2.24, 2.45) is 0 Å². The SMILES string of the molecule is CCc1ccc(CN2CCc3c(C(=O)N[C@H](C)Cn4cncn4)csc3C2)nc1. The van der Waals surface area contributed by atoms with E-state index in [1.165, 1.54) is 22.3 Å². The first-order chi connectivity index (χ1) is 14.1. The molecule has 0 saturated heterocycles. The molecule has 152 valence electrons. The average Bonchev–Trinajstić information content (AvgIpc) is 3.38. The zero-order valence-corrected chi connectivity index (χ0v) is 17.7. The Morgan fingerprint density at radius 2 is 2.28 bits per heavy atom. The predicted molar refractivity (Wildman–Crippen MR) is 113 cm³/mol. The highest BCUT2D eigenvalue weighted by Crippen LogP contribution is 2.29. The van der Waals surface area contributed by atoms with Crippen molar-refractivity contribution in [1.82, 2.24) is 30.0 Å². The summed E-state index contributed by atoms with van der Waals surface area (Å²) in [7, 11) is 0. The molecule has 0 saturated carbocycles. The van der Waals surface area contributed by atoms with Gasteiger partial charge in [0.2, 0.25) is 0 Å². The Morgan fingerprint density at radius 3 is 3.00 bits per heavy atom. The van der Waals surface area contributed by atoms with Crippen LogP contribution in [0.3, 0.4) is 0 Å². The maximum absolute atomic E-state index is 12.8. The van der Waals surface area contributed by atoms with Gasteiger partial charge in [0, 0.05) is 42.1 Å². The van der Waals surface area contributed by atoms with Crippen molar-refractivity contribution in [1.29, 1.82) is 0 Å². The smallest absolute Gasteiger partial charge is 0.252 e. The molecule has 0 bridgehead atoms. The number of nitrogens with zero attached hydrogens (tertiary/aromatic N) is 5. The first kappa shape index (κ1) is 19.7. The lowest BCUT2D eigenvalue weighted by atomic mass is 10.0. The largest absolute Gasteiger partial charge is 0.348 e. The van der Waals surface area contributed by atoms with Crippen LogP contribution >= 0.6 is 11.3 Å². The summed E-state index contributed by atoms with van der Waals surface area (Å²) in [6, 6.07) is 4.27. The molecule has 1 amide bonds. The number of amides is 1. The molecule has 0 unspecified atom stereocenters. The molecular weight excluding hydrogens is 384 g/mol. The monoisotopic (exact) mass is 410 g/mol. The Labute approximate surface area is 174 Å². The van der Waals surface area contributed by atoms with E-state index >= 15 is 0 Å². The lowest BCUT2D eigenvalue weighted by Crippen LogP contribution is -2.37. The van der Waals surface area contributed by atoms with E-state index < -0.39 is 0 Å². The third-order valence-corrected chi connectivity index (χ3v) is 6.27. The molecular formula is C21H26N6OS. The second kappa shape index (κ2) is 8.84. The normalized spacial score (nSPS) is 15.1. The summed E-state index contributed by atoms with van der Waals surface area (Å²) in [4.78, 5) is 25.0. The van der Waals surface area contributed by atoms with Gasteiger partial charge in [0.1, 0.15) is 12.7 Å². The average molecular weight is 411 g/mol. The van der Waals surface area contributed by atoms with E-state index in [1.54, 1.807) is 22.3 Å². The minimum Gasteiger partial charge on any atom is -0.348 e. The van der Waals surface area contributed by atoms with E-state index in [2.05, 4.69) is 44.3 Å². The number of aryl methyl sites for hydroxylation is 1. The van der Waals surface area contributed by atoms with E-state index in [9.17, 15) is 4.79 Å². The van der Waals surface area contributed by atoms with Gasteiger partial charge in [0.25, 0.3) is 5.91 Å². The quantitative estimate of drug-likeness (QED) is 0.648. The second-order valence-corrected chi connectivity index (χ2v) is 8.48. The fourth-order valence-electron chi connectivity index (χ4n) is 3.65. The van der Waals surface area contributed by atoms with E-state index in [0.29, 0.717) is 6.54 Å². The summed E-state index contributed by atoms with van der Waals surface area (Å²) >= 11 is 1.68. The van der Waals surface area contributed by atoms with E-state index in [0.717, 1.165) is 43.7 Å². The van der Waals surface area contributed by atoms with E-state index in [1.807, 2.05) is 18.5 Å². The molecule has 0 radical (unpaired) electrons. The predicted octanol–water partition coefficient (Wildman–Crippen LogP) is 2.67. The molecule has 0 spiro atoms. The molecule has 29 heavy (non-hydrogen) atoms. The lowest BCUT2D eigenvalue weighted by molar-refractivity contribution is 0.0934. The van der Waals surface area contributed by atoms with Crippen molar-refractivity contribution >= 4 is 17.2 Å². The molecule has 3 aromatic heterocycles. The Bertz CT molecular complexity index is 950. The summed E-state index contributed by atoms with van der Waals surface area (Å²) in [6.45, 7) is 7.39. The minimum absolute atomic E-state index is 0.000358. The highest BCUT2D eigenvalue weighted by molar-refractivity contribution is 7.10. The van der Waals surface area contributed by atoms with Gasteiger partial charge in [-0.05, 0) is 37.0 Å². The first-order valence-electron chi connectivity index (χ1n) is 10.0. The van der Waals surface area contributed by atoms with Gasteiger partial charge in [-0.1, -0.05) is 13.0 Å². The summed E-state index contributed by atoms with van der Waals surface area (Å²) in [5, 5.41) is 9.18. The van der Waals surface area contributed by atoms with Crippen molar-refractivity contribution in [2.45, 2.75) is 52.4 Å². The molecule has 3 aromatic rings. The van der Waals surface area contributed by atoms with Crippen LogP contribution in [0.4, 0.5) is 0 Å². The topological polar surface area (TPSA) is 75.9 Å². The number of carbonyl (C=O) groups is 1. The van der Waals surface area contributed by atoms with Gasteiger partial charge in [0.15, 0.2) is 0 Å². The van der Waals surface area contributed by atoms with Gasteiger partial charge in [0.05, 0.1) is 17.8 Å². The maximum Gasteiger partial charge on any atom is 0.252 e. The number of pyridine rings is 1. The summed E-state index contributed by atoms with van der Waals surface area (Å²) in [6.07, 6.45) is 7.04. The molecule has 1 N–H and O–H groups in total. The van der Waals surface area contributed by atoms with Gasteiger partial charge in [-0.25, -0.2) is 4.98 Å². The second-order valence-electron chi connectivity index (χ2n) is 7.52. The number of aromatic nitrogens is 4. The standard InChI is InChI=1S/C21H26N6OS/c1-3-16-4-5-17(23-8-16)10-26-7-6-18-19(12-29-20(18)11-26)21(28)25-15(2)9-27-14-22-13-24-27/h4-5,8,12-15H,3,6-7,9-11H2,1-2H3,(H,25,28)/t15-/m1/s1. The number of hydrogen-bond donors (Lipinski definition) is 1. The lowest BCUT2D eigenvalue weighted by Gasteiger charge is -2.27. The fraction of sp³-hybridized carbons (Fsp3) is 0.429. The van der Waals surface area contributed by atoms with E-state index in [-0.39, 0.29) is 11.9 Å². The van der Waals surface area contributed by atoms with Crippen LogP contribution in [0.15, 0.2) is 36.4 Å². The Kier molecular flexibility index (Phi) is 6.01. The van der Waals surface area contributed by atoms with Gasteiger partial charge in [-0.15, -0.1) is 11.3 Å². The van der Waals surface area contributed by atoms with Crippen LogP contribution in [0, 0.1) is 0 Å². The number of carbonyl (C=O) groups excluding carboxylic acids is 1. The summed E-state index contributed by atoms with van der Waals surface area (Å²) in [5.41, 5.74) is 4.38. The number of rotatable bonds is 7. The molecule has 7 nitrogen and oxygen atoms in total. The van der Waals surface area contributed by atoms with Gasteiger partial charge < -0.3 is 5.32 Å². The maximum atomic E-state index is 12.8. The minimum atomic E-state index is -0.0167. The van der Waals surface area contributed by atoms with Crippen molar-refractivity contribution in [2.75, 3.05) is 6.54 Å². The summed E-state index contributed by atoms with van der Waals surface area (Å²) in [5.74, 6) is 0.000358. The van der Waals surface area contributed by atoms with Crippen LogP contribution in [0.5, 0.6) is 0 Å². The van der Waals surface area contributed by atoms with Crippen molar-refractivity contribution < 1.29 is 4.79 Å². The molecule has 1 aliphatic heterocycles. The van der Waals surface area contributed by atoms with Gasteiger partial charge in [-0.3, -0.25) is 19.4 Å². The number of hydrogen-bond acceptors (Lipinski definition) is 6. The van der Waals surface area contributed by atoms with E-state index in [4.69, 9.17) is 0 Å². The number of thiophene rings is 1. The molecule has 1 aliphatic rings. The molecule has 0 aromatic carbocycles. The Balaban J connectivity index is 1.36. The molecule has 8 heteroatoms. The summed E-state index contributed by atoms with van der Waals surface area (Å²) < 4.78 is 1.73. The Morgan fingerprint density at radius 1 is 1.38 bits per heavy atom. The van der Waals surface area contributed by atoms with Gasteiger partial charge >= 0.3 is 0 Å². The van der Waals surface area contributed by atoms with Crippen LogP contribution in [0.2, 0.25) is 0 Å². The van der Waals surface area contributed by atoms with Crippen molar-refractivity contribution in [3.63, 3.8) is 0 Å². The number of fused-ring (bicyclic) bond motifs is 1. The zero-order chi connectivity index (χ0) is 20.2. The Hall–Kier alpha value is -2.58. The highest BCUT2D eigenvalue weighted by atomic mass is 32.1. The third-order valence-electron chi connectivity index (χ3n) is 5.26. The zero-order valence-electron chi connectivity index (χ0n) is 16.8. The third kappa shape index (κ3) is 4.71. The van der Waals surface area contributed by atoms with Crippen LogP contribution in [0.1, 0.15) is 45.9 Å². The highest BCUT2D eigenvalue weighted by Gasteiger charge is 2.24. The molecule has 4 rings (SSSR count). The fourth-order valence-corrected chi connectivity index (χ4v) is 4.77. The van der Waals surface area contributed by atoms with Crippen LogP contribution in [-0.4, -0.2) is 43.1 Å². The van der Waals surface area contributed by atoms with Crippen LogP contribution in [-0.2, 0) is 32.5 Å². The van der Waals surface area contributed by atoms with Crippen LogP contribution < -0.4 is 5.32 Å². The van der Waals surface area contributed by atoms with Crippen molar-refractivity contribution in [3.8, 4) is 0 Å². The molecule has 4 heterocycles. The molecule has 0 aliphatic carbocycles. The van der Waals surface area contributed by atoms with Crippen LogP contribution in [0.25, 0.3) is 0 Å². The van der Waals surface area contributed by atoms with Gasteiger partial charge in [-0.2, -0.15) is 5.10 Å². The molecule has 1 atom stereocenters. The van der Waals surface area contributed by atoms with Crippen molar-refractivity contribution in [3.05, 3.63) is 63.6 Å². The number of nitrogens with one attached hydrogen (secondary N) is 1.